The van der Waals surface area contributed by atoms with Gasteiger partial charge in [-0.05, 0) is 85.9 Å². The third-order valence-electron chi connectivity index (χ3n) is 11.7. The highest BCUT2D eigenvalue weighted by Gasteiger charge is 2.15. The SMILES string of the molecule is c1ccc2c(c1)cc(-c1ccc3ccc(-c4ccc5ccc(-c6ccc(-c7ccc8ccc9cccnc9c8n7)c7ccccc67)nc5c4)cc3n1)c1ccccc12. The van der Waals surface area contributed by atoms with Crippen LogP contribution in [0, 0.1) is 0 Å². The lowest BCUT2D eigenvalue weighted by atomic mass is 9.94. The second kappa shape index (κ2) is 12.9. The van der Waals surface area contributed by atoms with Crippen LogP contribution in [0.25, 0.3) is 121 Å². The lowest BCUT2D eigenvalue weighted by Crippen LogP contribution is -1.92. The number of nitrogens with zero attached hydrogens (tertiary/aromatic N) is 4. The molecule has 4 heteroatoms. The maximum Gasteiger partial charge on any atom is 0.0972 e. The van der Waals surface area contributed by atoms with Gasteiger partial charge in [-0.1, -0.05) is 146 Å². The van der Waals surface area contributed by atoms with Gasteiger partial charge in [0.1, 0.15) is 0 Å². The maximum atomic E-state index is 5.29. The molecule has 0 spiro atoms. The molecule has 0 saturated carbocycles. The van der Waals surface area contributed by atoms with Gasteiger partial charge >= 0.3 is 0 Å². The Morgan fingerprint density at radius 2 is 0.741 bits per heavy atom. The summed E-state index contributed by atoms with van der Waals surface area (Å²) in [6.45, 7) is 0. The van der Waals surface area contributed by atoms with Crippen molar-refractivity contribution in [3.8, 4) is 44.9 Å². The summed E-state index contributed by atoms with van der Waals surface area (Å²) in [7, 11) is 0. The quantitative estimate of drug-likeness (QED) is 0.169. The van der Waals surface area contributed by atoms with Crippen molar-refractivity contribution in [1.82, 2.24) is 19.9 Å². The monoisotopic (exact) mass is 736 g/mol. The predicted molar refractivity (Wildman–Crippen MR) is 242 cm³/mol. The van der Waals surface area contributed by atoms with Gasteiger partial charge in [0.05, 0.1) is 39.1 Å². The first-order valence-corrected chi connectivity index (χ1v) is 19.6. The van der Waals surface area contributed by atoms with Crippen LogP contribution in [0.5, 0.6) is 0 Å². The maximum absolute atomic E-state index is 5.29. The molecule has 0 unspecified atom stereocenters. The Morgan fingerprint density at radius 1 is 0.276 bits per heavy atom. The van der Waals surface area contributed by atoms with Crippen LogP contribution in [0.4, 0.5) is 0 Å². The van der Waals surface area contributed by atoms with Crippen molar-refractivity contribution >= 4 is 75.9 Å². The molecular formula is C54H32N4. The molecule has 0 bridgehead atoms. The number of benzene rings is 8. The van der Waals surface area contributed by atoms with Crippen molar-refractivity contribution in [2.24, 2.45) is 0 Å². The fourth-order valence-corrected chi connectivity index (χ4v) is 8.78. The molecule has 0 amide bonds. The summed E-state index contributed by atoms with van der Waals surface area (Å²) in [5.41, 5.74) is 12.1. The standard InChI is InChI=1S/C54H32N4/c1-2-10-40-39(8-1)30-47(44-14-6-3-11-41(40)44)50-27-22-34-16-20-38(32-52(34)57-50)37-19-15-33-21-26-48(56-51(33)31-37)45-24-25-46(43-13-5-4-12-42(43)45)49-28-23-36-18-17-35-9-7-29-55-53(35)54(36)58-49/h1-32H. The summed E-state index contributed by atoms with van der Waals surface area (Å²) in [6.07, 6.45) is 1.84. The molecule has 12 rings (SSSR count). The van der Waals surface area contributed by atoms with Crippen molar-refractivity contribution in [3.05, 3.63) is 194 Å². The van der Waals surface area contributed by atoms with Crippen molar-refractivity contribution in [1.29, 1.82) is 0 Å². The number of hydrogen-bond acceptors (Lipinski definition) is 4. The van der Waals surface area contributed by atoms with Gasteiger partial charge in [0.2, 0.25) is 0 Å². The van der Waals surface area contributed by atoms with Crippen molar-refractivity contribution in [3.63, 3.8) is 0 Å². The number of aromatic nitrogens is 4. The van der Waals surface area contributed by atoms with Crippen LogP contribution in [0.2, 0.25) is 0 Å². The van der Waals surface area contributed by atoms with Gasteiger partial charge in [-0.2, -0.15) is 0 Å². The Labute approximate surface area is 333 Å². The topological polar surface area (TPSA) is 51.6 Å². The highest BCUT2D eigenvalue weighted by molar-refractivity contribution is 6.14. The molecule has 0 aliphatic rings. The minimum Gasteiger partial charge on any atom is -0.254 e. The van der Waals surface area contributed by atoms with Crippen LogP contribution < -0.4 is 0 Å². The Bertz CT molecular complexity index is 3650. The summed E-state index contributed by atoms with van der Waals surface area (Å²) >= 11 is 0. The van der Waals surface area contributed by atoms with E-state index in [0.29, 0.717) is 0 Å². The molecule has 0 aliphatic heterocycles. The van der Waals surface area contributed by atoms with E-state index in [1.54, 1.807) is 0 Å². The van der Waals surface area contributed by atoms with E-state index < -0.39 is 0 Å². The third kappa shape index (κ3) is 5.23. The van der Waals surface area contributed by atoms with Crippen molar-refractivity contribution in [2.75, 3.05) is 0 Å². The molecule has 0 atom stereocenters. The molecule has 0 fully saturated rings. The largest absolute Gasteiger partial charge is 0.254 e. The second-order valence-corrected chi connectivity index (χ2v) is 15.0. The summed E-state index contributed by atoms with van der Waals surface area (Å²) < 4.78 is 0. The molecule has 0 N–H and O–H groups in total. The van der Waals surface area contributed by atoms with Gasteiger partial charge in [-0.25, -0.2) is 15.0 Å². The van der Waals surface area contributed by atoms with Gasteiger partial charge < -0.3 is 0 Å². The van der Waals surface area contributed by atoms with E-state index in [4.69, 9.17) is 15.0 Å². The van der Waals surface area contributed by atoms with Gasteiger partial charge in [-0.15, -0.1) is 0 Å². The summed E-state index contributed by atoms with van der Waals surface area (Å²) in [6, 6.07) is 66.8. The average molecular weight is 737 g/mol. The van der Waals surface area contributed by atoms with Gasteiger partial charge in [0.25, 0.3) is 0 Å². The molecule has 58 heavy (non-hydrogen) atoms. The van der Waals surface area contributed by atoms with E-state index in [9.17, 15) is 0 Å². The average Bonchev–Trinajstić information content (AvgIpc) is 3.30. The normalized spacial score (nSPS) is 11.8. The molecule has 4 nitrogen and oxygen atoms in total. The van der Waals surface area contributed by atoms with E-state index in [1.807, 2.05) is 12.3 Å². The molecule has 4 heterocycles. The first-order chi connectivity index (χ1) is 28.7. The van der Waals surface area contributed by atoms with Gasteiger partial charge in [0.15, 0.2) is 0 Å². The lowest BCUT2D eigenvalue weighted by Gasteiger charge is -2.13. The fraction of sp³-hybridized carbons (Fsp3) is 0. The summed E-state index contributed by atoms with van der Waals surface area (Å²) in [4.78, 5) is 20.4. The minimum absolute atomic E-state index is 0.914. The van der Waals surface area contributed by atoms with Crippen molar-refractivity contribution in [2.45, 2.75) is 0 Å². The van der Waals surface area contributed by atoms with E-state index in [1.165, 1.54) is 21.5 Å². The molecule has 0 aliphatic carbocycles. The number of rotatable bonds is 4. The van der Waals surface area contributed by atoms with E-state index >= 15 is 0 Å². The molecule has 4 aromatic heterocycles. The van der Waals surface area contributed by atoms with Crippen LogP contribution in [0.1, 0.15) is 0 Å². The number of pyridine rings is 4. The Balaban J connectivity index is 0.933. The van der Waals surface area contributed by atoms with E-state index in [2.05, 4.69) is 187 Å². The molecule has 0 saturated heterocycles. The fourth-order valence-electron chi connectivity index (χ4n) is 8.78. The number of hydrogen-bond donors (Lipinski definition) is 0. The lowest BCUT2D eigenvalue weighted by molar-refractivity contribution is 1.37. The van der Waals surface area contributed by atoms with E-state index in [-0.39, 0.29) is 0 Å². The molecule has 0 radical (unpaired) electrons. The molecule has 8 aromatic carbocycles. The predicted octanol–water partition coefficient (Wildman–Crippen LogP) is 14.0. The Morgan fingerprint density at radius 3 is 1.40 bits per heavy atom. The first-order valence-electron chi connectivity index (χ1n) is 19.6. The van der Waals surface area contributed by atoms with Crippen molar-refractivity contribution < 1.29 is 0 Å². The molecule has 268 valence electrons. The van der Waals surface area contributed by atoms with Crippen LogP contribution >= 0.6 is 0 Å². The van der Waals surface area contributed by atoms with Crippen LogP contribution in [-0.2, 0) is 0 Å². The zero-order chi connectivity index (χ0) is 38.2. The molecule has 12 aromatic rings. The third-order valence-corrected chi connectivity index (χ3v) is 11.7. The summed E-state index contributed by atoms with van der Waals surface area (Å²) in [5, 5.41) is 11.6. The van der Waals surface area contributed by atoms with Gasteiger partial charge in [0, 0.05) is 44.4 Å². The van der Waals surface area contributed by atoms with Crippen LogP contribution in [0.15, 0.2) is 194 Å². The highest BCUT2D eigenvalue weighted by Crippen LogP contribution is 2.38. The summed E-state index contributed by atoms with van der Waals surface area (Å²) in [5.74, 6) is 0. The highest BCUT2D eigenvalue weighted by atomic mass is 14.8. The zero-order valence-electron chi connectivity index (χ0n) is 31.3. The van der Waals surface area contributed by atoms with E-state index in [0.717, 1.165) is 99.3 Å². The van der Waals surface area contributed by atoms with Gasteiger partial charge in [-0.3, -0.25) is 4.98 Å². The Hall–Kier alpha value is -7.82. The van der Waals surface area contributed by atoms with Crippen LogP contribution in [0.3, 0.4) is 0 Å². The number of fused-ring (bicyclic) bond motifs is 9. The minimum atomic E-state index is 0.914. The van der Waals surface area contributed by atoms with Crippen LogP contribution in [-0.4, -0.2) is 19.9 Å². The molecular weight excluding hydrogens is 705 g/mol. The Kier molecular flexibility index (Phi) is 7.20. The smallest absolute Gasteiger partial charge is 0.0972 e. The zero-order valence-corrected chi connectivity index (χ0v) is 31.3. The first kappa shape index (κ1) is 32.4. The second-order valence-electron chi connectivity index (χ2n) is 15.0.